The maximum absolute atomic E-state index is 6.67. The largest absolute Gasteiger partial charge is 0.485 e. The Hall–Kier alpha value is -2.94. The quantitative estimate of drug-likeness (QED) is 0.802. The van der Waals surface area contributed by atoms with Crippen LogP contribution >= 0.6 is 0 Å². The molecule has 0 fully saturated rings. The van der Waals surface area contributed by atoms with Gasteiger partial charge in [0.15, 0.2) is 5.60 Å². The molecule has 0 bridgehead atoms. The third kappa shape index (κ3) is 2.88. The molecule has 2 atom stereocenters. The highest BCUT2D eigenvalue weighted by atomic mass is 16.6. The molecule has 2 aromatic rings. The summed E-state index contributed by atoms with van der Waals surface area (Å²) >= 11 is 0. The first-order chi connectivity index (χ1) is 14.1. The number of rotatable bonds is 3. The number of nitrogens with zero attached hydrogens (tertiary/aromatic N) is 1. The minimum Gasteiger partial charge on any atom is -0.485 e. The molecule has 0 radical (unpaired) electrons. The fraction of sp³-hybridized carbons (Fsp3) is 0.308. The Morgan fingerprint density at radius 2 is 1.93 bits per heavy atom. The van der Waals surface area contributed by atoms with Crippen LogP contribution < -0.4 is 24.8 Å². The summed E-state index contributed by atoms with van der Waals surface area (Å²) in [5.41, 5.74) is 3.04. The highest BCUT2D eigenvalue weighted by Crippen LogP contribution is 2.38. The molecule has 2 aromatic carbocycles. The van der Waals surface area contributed by atoms with Gasteiger partial charge in [0.1, 0.15) is 17.6 Å². The van der Waals surface area contributed by atoms with Crippen molar-refractivity contribution in [2.75, 3.05) is 18.0 Å². The van der Waals surface area contributed by atoms with Crippen molar-refractivity contribution in [1.82, 2.24) is 0 Å². The van der Waals surface area contributed by atoms with Crippen LogP contribution in [0.5, 0.6) is 11.5 Å². The molecule has 0 N–H and O–H groups in total. The molecule has 0 saturated carbocycles. The SMILES string of the molecule is CCN(CC)c1ccc2c(c1)OC1(C=C2)C=c2c(ccc3c2=CC=CC3)OC1C. The summed E-state index contributed by atoms with van der Waals surface area (Å²) in [4.78, 5) is 2.34. The van der Waals surface area contributed by atoms with Crippen LogP contribution in [0.2, 0.25) is 0 Å². The lowest BCUT2D eigenvalue weighted by atomic mass is 9.88. The molecule has 3 heteroatoms. The average Bonchev–Trinajstić information content (AvgIpc) is 2.75. The second-order valence-corrected chi connectivity index (χ2v) is 7.94. The van der Waals surface area contributed by atoms with Crippen LogP contribution in [0.4, 0.5) is 5.69 Å². The van der Waals surface area contributed by atoms with Crippen LogP contribution in [0.15, 0.2) is 48.6 Å². The first kappa shape index (κ1) is 18.1. The molecule has 1 spiro atoms. The van der Waals surface area contributed by atoms with Crippen molar-refractivity contribution in [3.8, 4) is 11.5 Å². The normalized spacial score (nSPS) is 23.1. The third-order valence-corrected chi connectivity index (χ3v) is 6.32. The van der Waals surface area contributed by atoms with E-state index in [4.69, 9.17) is 9.47 Å². The lowest BCUT2D eigenvalue weighted by Crippen LogP contribution is -2.53. The molecule has 0 saturated heterocycles. The Balaban J connectivity index is 1.64. The second kappa shape index (κ2) is 6.84. The Labute approximate surface area is 172 Å². The third-order valence-electron chi connectivity index (χ3n) is 6.32. The van der Waals surface area contributed by atoms with E-state index in [0.29, 0.717) is 0 Å². The van der Waals surface area contributed by atoms with Crippen molar-refractivity contribution in [2.24, 2.45) is 0 Å². The zero-order chi connectivity index (χ0) is 20.0. The molecule has 29 heavy (non-hydrogen) atoms. The van der Waals surface area contributed by atoms with Gasteiger partial charge in [-0.2, -0.15) is 0 Å². The Kier molecular flexibility index (Phi) is 4.27. The molecule has 2 unspecified atom stereocenters. The molecule has 5 rings (SSSR count). The topological polar surface area (TPSA) is 21.7 Å². The molecular weight excluding hydrogens is 358 g/mol. The smallest absolute Gasteiger partial charge is 0.183 e. The summed E-state index contributed by atoms with van der Waals surface area (Å²) in [6, 6.07) is 10.8. The highest BCUT2D eigenvalue weighted by Gasteiger charge is 2.41. The molecule has 0 aromatic heterocycles. The van der Waals surface area contributed by atoms with Gasteiger partial charge in [-0.15, -0.1) is 0 Å². The summed E-state index contributed by atoms with van der Waals surface area (Å²) in [6.07, 6.45) is 13.9. The van der Waals surface area contributed by atoms with Crippen molar-refractivity contribution >= 4 is 23.9 Å². The number of anilines is 1. The van der Waals surface area contributed by atoms with Crippen LogP contribution in [-0.2, 0) is 6.42 Å². The number of fused-ring (bicyclic) bond motifs is 4. The van der Waals surface area contributed by atoms with Crippen molar-refractivity contribution < 1.29 is 9.47 Å². The van der Waals surface area contributed by atoms with Gasteiger partial charge < -0.3 is 14.4 Å². The Morgan fingerprint density at radius 1 is 1.07 bits per heavy atom. The Bertz CT molecular complexity index is 1140. The molecule has 1 aliphatic carbocycles. The van der Waals surface area contributed by atoms with Gasteiger partial charge in [0, 0.05) is 35.6 Å². The monoisotopic (exact) mass is 385 g/mol. The number of allylic oxidation sites excluding steroid dienone is 2. The van der Waals surface area contributed by atoms with E-state index in [2.05, 4.69) is 92.5 Å². The molecule has 0 amide bonds. The van der Waals surface area contributed by atoms with Gasteiger partial charge in [0.25, 0.3) is 0 Å². The predicted molar refractivity (Wildman–Crippen MR) is 120 cm³/mol. The summed E-state index contributed by atoms with van der Waals surface area (Å²) in [7, 11) is 0. The summed E-state index contributed by atoms with van der Waals surface area (Å²) in [5, 5.41) is 2.38. The minimum absolute atomic E-state index is 0.117. The number of hydrogen-bond donors (Lipinski definition) is 0. The van der Waals surface area contributed by atoms with E-state index in [9.17, 15) is 0 Å². The lowest BCUT2D eigenvalue weighted by Gasteiger charge is -2.40. The number of ether oxygens (including phenoxy) is 2. The van der Waals surface area contributed by atoms with Crippen molar-refractivity contribution in [1.29, 1.82) is 0 Å². The van der Waals surface area contributed by atoms with Gasteiger partial charge in [0.05, 0.1) is 0 Å². The summed E-state index contributed by atoms with van der Waals surface area (Å²) in [5.74, 6) is 1.86. The van der Waals surface area contributed by atoms with Crippen molar-refractivity contribution in [3.05, 3.63) is 70.1 Å². The van der Waals surface area contributed by atoms with Crippen LogP contribution in [0.25, 0.3) is 18.2 Å². The van der Waals surface area contributed by atoms with E-state index in [0.717, 1.165) is 41.8 Å². The van der Waals surface area contributed by atoms with E-state index < -0.39 is 5.60 Å². The first-order valence-electron chi connectivity index (χ1n) is 10.6. The highest BCUT2D eigenvalue weighted by molar-refractivity contribution is 5.70. The van der Waals surface area contributed by atoms with E-state index in [1.165, 1.54) is 16.5 Å². The Morgan fingerprint density at radius 3 is 2.76 bits per heavy atom. The lowest BCUT2D eigenvalue weighted by molar-refractivity contribution is 0.0435. The predicted octanol–water partition coefficient (Wildman–Crippen LogP) is 3.83. The van der Waals surface area contributed by atoms with E-state index >= 15 is 0 Å². The number of hydrogen-bond acceptors (Lipinski definition) is 3. The first-order valence-corrected chi connectivity index (χ1v) is 10.6. The van der Waals surface area contributed by atoms with Crippen molar-refractivity contribution in [2.45, 2.75) is 38.9 Å². The summed E-state index contributed by atoms with van der Waals surface area (Å²) < 4.78 is 13.0. The van der Waals surface area contributed by atoms with Crippen LogP contribution in [0.3, 0.4) is 0 Å². The molecule has 2 aliphatic heterocycles. The second-order valence-electron chi connectivity index (χ2n) is 7.94. The molecule has 2 heterocycles. The van der Waals surface area contributed by atoms with Gasteiger partial charge in [-0.05, 0) is 68.3 Å². The maximum atomic E-state index is 6.67. The molecular formula is C26H27NO2. The standard InChI is InChI=1S/C26H27NO2/c1-4-27(5-2)21-12-10-20-14-15-26(29-25(20)16-21)17-23-22-9-7-6-8-19(22)11-13-24(23)28-18(26)3/h6-7,9-18H,4-5,8H2,1-3H3. The van der Waals surface area contributed by atoms with Gasteiger partial charge in [-0.3, -0.25) is 0 Å². The zero-order valence-corrected chi connectivity index (χ0v) is 17.3. The van der Waals surface area contributed by atoms with Gasteiger partial charge in [-0.1, -0.05) is 30.4 Å². The summed E-state index contributed by atoms with van der Waals surface area (Å²) in [6.45, 7) is 8.41. The molecule has 148 valence electrons. The van der Waals surface area contributed by atoms with Gasteiger partial charge in [0.2, 0.25) is 0 Å². The van der Waals surface area contributed by atoms with Crippen molar-refractivity contribution in [3.63, 3.8) is 0 Å². The fourth-order valence-corrected chi connectivity index (χ4v) is 4.55. The van der Waals surface area contributed by atoms with Crippen LogP contribution in [-0.4, -0.2) is 24.8 Å². The maximum Gasteiger partial charge on any atom is 0.183 e. The average molecular weight is 386 g/mol. The zero-order valence-electron chi connectivity index (χ0n) is 17.3. The fourth-order valence-electron chi connectivity index (χ4n) is 4.55. The molecule has 3 nitrogen and oxygen atoms in total. The van der Waals surface area contributed by atoms with E-state index in [1.54, 1.807) is 0 Å². The van der Waals surface area contributed by atoms with Gasteiger partial charge in [-0.25, -0.2) is 0 Å². The number of benzene rings is 2. The van der Waals surface area contributed by atoms with E-state index in [-0.39, 0.29) is 6.10 Å². The van der Waals surface area contributed by atoms with Crippen LogP contribution in [0.1, 0.15) is 31.9 Å². The molecule has 3 aliphatic rings. The van der Waals surface area contributed by atoms with Crippen LogP contribution in [0, 0.1) is 0 Å². The van der Waals surface area contributed by atoms with Gasteiger partial charge >= 0.3 is 0 Å². The van der Waals surface area contributed by atoms with E-state index in [1.807, 2.05) is 0 Å². The minimum atomic E-state index is -0.605.